The normalized spacial score (nSPS) is 19.2. The van der Waals surface area contributed by atoms with Gasteiger partial charge in [-0.15, -0.1) is 0 Å². The van der Waals surface area contributed by atoms with E-state index in [1.54, 1.807) is 19.1 Å². The number of nitrogens with zero attached hydrogens (tertiary/aromatic N) is 1. The van der Waals surface area contributed by atoms with Gasteiger partial charge in [0, 0.05) is 17.8 Å². The number of morpholine rings is 1. The second kappa shape index (κ2) is 5.27. The van der Waals surface area contributed by atoms with Gasteiger partial charge in [0.15, 0.2) is 6.10 Å². The SMILES string of the molecule is Cc1cc(N2CCOC(C(=O)O)C2)ccc1C(N)=O. The number of ether oxygens (including phenoxy) is 1. The summed E-state index contributed by atoms with van der Waals surface area (Å²) in [5, 5.41) is 8.96. The van der Waals surface area contributed by atoms with E-state index in [2.05, 4.69) is 0 Å². The molecule has 1 aliphatic heterocycles. The first-order valence-electron chi connectivity index (χ1n) is 5.99. The Kier molecular flexibility index (Phi) is 3.71. The summed E-state index contributed by atoms with van der Waals surface area (Å²) in [6.07, 6.45) is -0.815. The van der Waals surface area contributed by atoms with Gasteiger partial charge in [-0.25, -0.2) is 4.79 Å². The van der Waals surface area contributed by atoms with Gasteiger partial charge in [-0.05, 0) is 30.7 Å². The summed E-state index contributed by atoms with van der Waals surface area (Å²) in [5.74, 6) is -1.43. The number of anilines is 1. The number of aliphatic carboxylic acids is 1. The lowest BCUT2D eigenvalue weighted by molar-refractivity contribution is -0.150. The molecule has 1 heterocycles. The van der Waals surface area contributed by atoms with E-state index in [9.17, 15) is 9.59 Å². The molecule has 1 aromatic rings. The van der Waals surface area contributed by atoms with Crippen molar-refractivity contribution in [3.8, 4) is 0 Å². The monoisotopic (exact) mass is 264 g/mol. The van der Waals surface area contributed by atoms with Crippen LogP contribution >= 0.6 is 0 Å². The number of rotatable bonds is 3. The zero-order valence-corrected chi connectivity index (χ0v) is 10.6. The molecular formula is C13H16N2O4. The van der Waals surface area contributed by atoms with Crippen molar-refractivity contribution < 1.29 is 19.4 Å². The lowest BCUT2D eigenvalue weighted by Crippen LogP contribution is -2.46. The molecule has 0 spiro atoms. The van der Waals surface area contributed by atoms with Crippen molar-refractivity contribution in [2.45, 2.75) is 13.0 Å². The molecule has 1 aromatic carbocycles. The number of nitrogens with two attached hydrogens (primary N) is 1. The summed E-state index contributed by atoms with van der Waals surface area (Å²) in [4.78, 5) is 24.0. The molecule has 0 aliphatic carbocycles. The fraction of sp³-hybridized carbons (Fsp3) is 0.385. The van der Waals surface area contributed by atoms with Crippen LogP contribution in [0.2, 0.25) is 0 Å². The van der Waals surface area contributed by atoms with E-state index >= 15 is 0 Å². The quantitative estimate of drug-likeness (QED) is 0.823. The minimum atomic E-state index is -0.963. The Morgan fingerprint density at radius 2 is 2.21 bits per heavy atom. The fourth-order valence-corrected chi connectivity index (χ4v) is 2.15. The van der Waals surface area contributed by atoms with Gasteiger partial charge in [-0.1, -0.05) is 0 Å². The Balaban J connectivity index is 2.20. The van der Waals surface area contributed by atoms with Crippen molar-refractivity contribution >= 4 is 17.6 Å². The molecule has 1 saturated heterocycles. The van der Waals surface area contributed by atoms with Crippen molar-refractivity contribution in [3.63, 3.8) is 0 Å². The van der Waals surface area contributed by atoms with E-state index in [1.165, 1.54) is 0 Å². The van der Waals surface area contributed by atoms with Gasteiger partial charge in [-0.3, -0.25) is 4.79 Å². The zero-order valence-electron chi connectivity index (χ0n) is 10.6. The van der Waals surface area contributed by atoms with Crippen LogP contribution in [0.4, 0.5) is 5.69 Å². The maximum absolute atomic E-state index is 11.2. The number of carbonyl (C=O) groups is 2. The molecule has 19 heavy (non-hydrogen) atoms. The number of benzene rings is 1. The van der Waals surface area contributed by atoms with Gasteiger partial charge in [0.25, 0.3) is 0 Å². The Morgan fingerprint density at radius 1 is 1.47 bits per heavy atom. The van der Waals surface area contributed by atoms with Crippen molar-refractivity contribution in [1.82, 2.24) is 0 Å². The Bertz CT molecular complexity index is 515. The standard InChI is InChI=1S/C13H16N2O4/c1-8-6-9(2-3-10(8)12(14)16)15-4-5-19-11(7-15)13(17)18/h2-3,6,11H,4-5,7H2,1H3,(H2,14,16)(H,17,18). The molecule has 1 amide bonds. The third-order valence-corrected chi connectivity index (χ3v) is 3.18. The van der Waals surface area contributed by atoms with Crippen LogP contribution in [0.25, 0.3) is 0 Å². The molecule has 0 radical (unpaired) electrons. The molecule has 1 atom stereocenters. The van der Waals surface area contributed by atoms with Gasteiger partial charge >= 0.3 is 5.97 Å². The number of amides is 1. The van der Waals surface area contributed by atoms with Crippen LogP contribution in [0.5, 0.6) is 0 Å². The summed E-state index contributed by atoms with van der Waals surface area (Å²) in [7, 11) is 0. The van der Waals surface area contributed by atoms with E-state index in [1.807, 2.05) is 11.0 Å². The molecule has 1 aliphatic rings. The van der Waals surface area contributed by atoms with Crippen molar-refractivity contribution in [2.75, 3.05) is 24.6 Å². The Morgan fingerprint density at radius 3 is 2.79 bits per heavy atom. The lowest BCUT2D eigenvalue weighted by Gasteiger charge is -2.32. The van der Waals surface area contributed by atoms with Crippen LogP contribution in [-0.4, -0.2) is 42.8 Å². The summed E-state index contributed by atoms with van der Waals surface area (Å²) in [5.41, 5.74) is 7.39. The molecule has 1 unspecified atom stereocenters. The van der Waals surface area contributed by atoms with E-state index in [-0.39, 0.29) is 0 Å². The fourth-order valence-electron chi connectivity index (χ4n) is 2.15. The minimum Gasteiger partial charge on any atom is -0.479 e. The molecule has 2 rings (SSSR count). The van der Waals surface area contributed by atoms with Crippen LogP contribution in [0.1, 0.15) is 15.9 Å². The summed E-state index contributed by atoms with van der Waals surface area (Å²) < 4.78 is 5.17. The van der Waals surface area contributed by atoms with Crippen LogP contribution < -0.4 is 10.6 Å². The number of carbonyl (C=O) groups excluding carboxylic acids is 1. The summed E-state index contributed by atoms with van der Waals surface area (Å²) in [6.45, 7) is 3.09. The maximum Gasteiger partial charge on any atom is 0.334 e. The second-order valence-electron chi connectivity index (χ2n) is 4.51. The molecular weight excluding hydrogens is 248 g/mol. The van der Waals surface area contributed by atoms with Crippen molar-refractivity contribution in [3.05, 3.63) is 29.3 Å². The first-order valence-corrected chi connectivity index (χ1v) is 5.99. The largest absolute Gasteiger partial charge is 0.479 e. The van der Waals surface area contributed by atoms with E-state index in [0.29, 0.717) is 25.3 Å². The van der Waals surface area contributed by atoms with E-state index in [4.69, 9.17) is 15.6 Å². The average Bonchev–Trinajstić information content (AvgIpc) is 2.38. The summed E-state index contributed by atoms with van der Waals surface area (Å²) in [6, 6.07) is 5.28. The van der Waals surface area contributed by atoms with Gasteiger partial charge in [0.2, 0.25) is 5.91 Å². The first kappa shape index (κ1) is 13.4. The van der Waals surface area contributed by atoms with Crippen LogP contribution in [0, 0.1) is 6.92 Å². The molecule has 0 aromatic heterocycles. The first-order chi connectivity index (χ1) is 8.99. The number of carboxylic acids is 1. The highest BCUT2D eigenvalue weighted by Gasteiger charge is 2.26. The molecule has 102 valence electrons. The number of carboxylic acid groups (broad SMARTS) is 1. The topological polar surface area (TPSA) is 92.9 Å². The van der Waals surface area contributed by atoms with Crippen LogP contribution in [0.15, 0.2) is 18.2 Å². The third-order valence-electron chi connectivity index (χ3n) is 3.18. The highest BCUT2D eigenvalue weighted by molar-refractivity contribution is 5.94. The van der Waals surface area contributed by atoms with Crippen molar-refractivity contribution in [2.24, 2.45) is 5.73 Å². The second-order valence-corrected chi connectivity index (χ2v) is 4.51. The van der Waals surface area contributed by atoms with Gasteiger partial charge in [-0.2, -0.15) is 0 Å². The summed E-state index contributed by atoms with van der Waals surface area (Å²) >= 11 is 0. The number of hydrogen-bond acceptors (Lipinski definition) is 4. The molecule has 0 saturated carbocycles. The van der Waals surface area contributed by atoms with Crippen LogP contribution in [-0.2, 0) is 9.53 Å². The molecule has 0 bridgehead atoms. The predicted octanol–water partition coefficient (Wildman–Crippen LogP) is 0.384. The lowest BCUT2D eigenvalue weighted by atomic mass is 10.1. The third kappa shape index (κ3) is 2.85. The minimum absolute atomic E-state index is 0.296. The Hall–Kier alpha value is -2.08. The molecule has 3 N–H and O–H groups in total. The molecule has 6 nitrogen and oxygen atoms in total. The highest BCUT2D eigenvalue weighted by atomic mass is 16.5. The average molecular weight is 264 g/mol. The van der Waals surface area contributed by atoms with E-state index < -0.39 is 18.0 Å². The van der Waals surface area contributed by atoms with Gasteiger partial charge < -0.3 is 20.5 Å². The number of primary amides is 1. The zero-order chi connectivity index (χ0) is 14.0. The predicted molar refractivity (Wildman–Crippen MR) is 69.3 cm³/mol. The van der Waals surface area contributed by atoms with Crippen molar-refractivity contribution in [1.29, 1.82) is 0 Å². The van der Waals surface area contributed by atoms with E-state index in [0.717, 1.165) is 11.3 Å². The smallest absolute Gasteiger partial charge is 0.334 e. The highest BCUT2D eigenvalue weighted by Crippen LogP contribution is 2.21. The Labute approximate surface area is 110 Å². The van der Waals surface area contributed by atoms with Gasteiger partial charge in [0.05, 0.1) is 13.2 Å². The number of aryl methyl sites for hydroxylation is 1. The molecule has 6 heteroatoms. The number of hydrogen-bond donors (Lipinski definition) is 2. The molecule has 1 fully saturated rings. The maximum atomic E-state index is 11.2. The van der Waals surface area contributed by atoms with Crippen LogP contribution in [0.3, 0.4) is 0 Å². The van der Waals surface area contributed by atoms with Gasteiger partial charge in [0.1, 0.15) is 0 Å².